The van der Waals surface area contributed by atoms with Gasteiger partial charge in [0.25, 0.3) is 0 Å². The molecule has 0 bridgehead atoms. The fraction of sp³-hybridized carbons (Fsp3) is 0.318. The number of nitrogens with one attached hydrogen (secondary N) is 1. The maximum Gasteiger partial charge on any atom is 0.511 e. The van der Waals surface area contributed by atoms with Crippen molar-refractivity contribution in [2.24, 2.45) is 0 Å². The number of sulfonamides is 1. The summed E-state index contributed by atoms with van der Waals surface area (Å²) < 4.78 is 63.6. The van der Waals surface area contributed by atoms with Gasteiger partial charge in [0.2, 0.25) is 0 Å². The van der Waals surface area contributed by atoms with Gasteiger partial charge in [0, 0.05) is 29.2 Å². The molecule has 12 heteroatoms. The first-order chi connectivity index (χ1) is 16.0. The molecule has 4 rings (SSSR count). The number of benzene rings is 2. The number of aromatic nitrogens is 2. The van der Waals surface area contributed by atoms with Crippen LogP contribution in [0.4, 0.5) is 13.2 Å². The van der Waals surface area contributed by atoms with Gasteiger partial charge in [-0.3, -0.25) is 4.90 Å². The van der Waals surface area contributed by atoms with E-state index in [1.807, 2.05) is 48.0 Å². The summed E-state index contributed by atoms with van der Waals surface area (Å²) in [6.45, 7) is 1.56. The predicted octanol–water partition coefficient (Wildman–Crippen LogP) is 3.83. The van der Waals surface area contributed by atoms with E-state index < -0.39 is 28.3 Å². The molecule has 1 aromatic heterocycles. The normalized spacial score (nSPS) is 15.5. The maximum atomic E-state index is 12.6. The zero-order chi connectivity index (χ0) is 24.7. The topological polar surface area (TPSA) is 87.5 Å². The molecule has 1 unspecified atom stereocenters. The maximum absolute atomic E-state index is 12.6. The van der Waals surface area contributed by atoms with Gasteiger partial charge in [-0.2, -0.15) is 18.3 Å². The van der Waals surface area contributed by atoms with Crippen LogP contribution in [-0.4, -0.2) is 46.5 Å². The van der Waals surface area contributed by atoms with Crippen LogP contribution in [0.3, 0.4) is 0 Å². The zero-order valence-corrected chi connectivity index (χ0v) is 19.6. The minimum absolute atomic E-state index is 0.145. The lowest BCUT2D eigenvalue weighted by atomic mass is 10.1. The summed E-state index contributed by atoms with van der Waals surface area (Å²) in [5, 5.41) is 15.7. The molecule has 3 aromatic rings. The Morgan fingerprint density at radius 1 is 1.15 bits per heavy atom. The number of alkyl halides is 3. The van der Waals surface area contributed by atoms with Crippen molar-refractivity contribution in [2.75, 3.05) is 6.54 Å². The highest BCUT2D eigenvalue weighted by atomic mass is 35.5. The van der Waals surface area contributed by atoms with E-state index in [0.717, 1.165) is 34.5 Å². The molecule has 0 amide bonds. The quantitative estimate of drug-likeness (QED) is 0.500. The van der Waals surface area contributed by atoms with Gasteiger partial charge in [0.05, 0.1) is 23.6 Å². The lowest BCUT2D eigenvalue weighted by Crippen LogP contribution is -2.45. The van der Waals surface area contributed by atoms with Gasteiger partial charge < -0.3 is 5.11 Å². The molecule has 1 aliphatic rings. The van der Waals surface area contributed by atoms with E-state index >= 15 is 0 Å². The number of nitrogens with zero attached hydrogens (tertiary/aromatic N) is 3. The zero-order valence-electron chi connectivity index (χ0n) is 18.1. The van der Waals surface area contributed by atoms with Crippen molar-refractivity contribution >= 4 is 21.6 Å². The van der Waals surface area contributed by atoms with Crippen LogP contribution in [-0.2, 0) is 29.5 Å². The van der Waals surface area contributed by atoms with Crippen LogP contribution in [0.25, 0.3) is 16.9 Å². The summed E-state index contributed by atoms with van der Waals surface area (Å²) >= 11 is 6.06. The summed E-state index contributed by atoms with van der Waals surface area (Å²) in [7, 11) is -5.55. The Morgan fingerprint density at radius 3 is 2.47 bits per heavy atom. The Morgan fingerprint density at radius 2 is 1.82 bits per heavy atom. The Labute approximate surface area is 199 Å². The average Bonchev–Trinajstić information content (AvgIpc) is 3.35. The van der Waals surface area contributed by atoms with Gasteiger partial charge in [-0.1, -0.05) is 48.9 Å². The van der Waals surface area contributed by atoms with E-state index in [4.69, 9.17) is 16.7 Å². The van der Waals surface area contributed by atoms with Crippen molar-refractivity contribution in [1.29, 1.82) is 0 Å². The second kappa shape index (κ2) is 9.31. The van der Waals surface area contributed by atoms with Crippen LogP contribution in [0.1, 0.15) is 23.7 Å². The lowest BCUT2D eigenvalue weighted by Gasteiger charge is -2.23. The third kappa shape index (κ3) is 4.71. The number of hydrogen-bond acceptors (Lipinski definition) is 5. The highest BCUT2D eigenvalue weighted by Gasteiger charge is 2.46. The Balaban J connectivity index is 1.67. The molecule has 1 aliphatic heterocycles. The molecule has 0 spiro atoms. The number of halogens is 4. The van der Waals surface area contributed by atoms with Crippen molar-refractivity contribution < 1.29 is 26.7 Å². The minimum Gasteiger partial charge on any atom is -0.377 e. The smallest absolute Gasteiger partial charge is 0.377 e. The number of fused-ring (bicyclic) bond motifs is 1. The number of rotatable bonds is 7. The molecule has 34 heavy (non-hydrogen) atoms. The van der Waals surface area contributed by atoms with E-state index in [1.165, 1.54) is 9.62 Å². The van der Waals surface area contributed by atoms with Crippen LogP contribution in [0.15, 0.2) is 48.5 Å². The van der Waals surface area contributed by atoms with Crippen LogP contribution in [0.5, 0.6) is 0 Å². The van der Waals surface area contributed by atoms with Crippen molar-refractivity contribution in [1.82, 2.24) is 19.4 Å². The molecule has 0 fully saturated rings. The second-order valence-electron chi connectivity index (χ2n) is 7.86. The molecule has 2 heterocycles. The second-order valence-corrected chi connectivity index (χ2v) is 10.1. The molecule has 2 aromatic carbocycles. The van der Waals surface area contributed by atoms with Crippen molar-refractivity contribution in [3.63, 3.8) is 0 Å². The van der Waals surface area contributed by atoms with Crippen LogP contribution >= 0.6 is 11.6 Å². The molecule has 0 aliphatic carbocycles. The van der Waals surface area contributed by atoms with Crippen LogP contribution in [0.2, 0.25) is 5.02 Å². The summed E-state index contributed by atoms with van der Waals surface area (Å²) in [5.74, 6) is 0. The van der Waals surface area contributed by atoms with Gasteiger partial charge in [-0.15, -0.1) is 0 Å². The Hall–Kier alpha value is -2.44. The van der Waals surface area contributed by atoms with Gasteiger partial charge in [-0.05, 0) is 30.2 Å². The monoisotopic (exact) mass is 514 g/mol. The van der Waals surface area contributed by atoms with Crippen molar-refractivity contribution in [3.05, 3.63) is 70.4 Å². The van der Waals surface area contributed by atoms with Crippen molar-refractivity contribution in [3.8, 4) is 16.9 Å². The van der Waals surface area contributed by atoms with Crippen LogP contribution in [0, 0.1) is 0 Å². The standard InChI is InChI=1S/C22H22ClF3N4O3S/c1-2-14-5-3-4-6-19(14)30-21(15-7-9-16(23)10-8-15)17-12-29(13-18(17)28-30)20(31)11-27-34(32,33)22(24,25)26/h3-10,20,27,31H,2,11-13H2,1H3. The highest BCUT2D eigenvalue weighted by molar-refractivity contribution is 7.90. The molecule has 0 saturated heterocycles. The lowest BCUT2D eigenvalue weighted by molar-refractivity contribution is -0.0461. The summed E-state index contributed by atoms with van der Waals surface area (Å²) in [6.07, 6.45) is -0.689. The first-order valence-electron chi connectivity index (χ1n) is 10.4. The minimum atomic E-state index is -5.55. The van der Waals surface area contributed by atoms with E-state index in [-0.39, 0.29) is 13.1 Å². The van der Waals surface area contributed by atoms with Gasteiger partial charge in [0.15, 0.2) is 0 Å². The Bertz CT molecular complexity index is 1290. The number of aryl methyl sites for hydroxylation is 1. The van der Waals surface area contributed by atoms with Crippen LogP contribution < -0.4 is 4.72 Å². The first-order valence-corrected chi connectivity index (χ1v) is 12.3. The SMILES string of the molecule is CCc1ccccc1-n1nc2c(c1-c1ccc(Cl)cc1)CN(C(O)CNS(=O)(=O)C(F)(F)F)C2. The van der Waals surface area contributed by atoms with Crippen molar-refractivity contribution in [2.45, 2.75) is 38.2 Å². The van der Waals surface area contributed by atoms with E-state index in [0.29, 0.717) is 10.7 Å². The largest absolute Gasteiger partial charge is 0.511 e. The van der Waals surface area contributed by atoms with E-state index in [1.54, 1.807) is 12.1 Å². The summed E-state index contributed by atoms with van der Waals surface area (Å²) in [4.78, 5) is 1.46. The molecular formula is C22H22ClF3N4O3S. The molecule has 1 atom stereocenters. The molecule has 2 N–H and O–H groups in total. The third-order valence-corrected chi connectivity index (χ3v) is 7.09. The van der Waals surface area contributed by atoms with Gasteiger partial charge in [0.1, 0.15) is 6.23 Å². The fourth-order valence-corrected chi connectivity index (χ4v) is 4.60. The summed E-state index contributed by atoms with van der Waals surface area (Å²) in [5.41, 5.74) is -0.418. The van der Waals surface area contributed by atoms with E-state index in [9.17, 15) is 26.7 Å². The van der Waals surface area contributed by atoms with Gasteiger partial charge >= 0.3 is 15.5 Å². The summed E-state index contributed by atoms with van der Waals surface area (Å²) in [6, 6.07) is 15.0. The third-order valence-electron chi connectivity index (χ3n) is 5.68. The fourth-order valence-electron chi connectivity index (χ4n) is 3.94. The number of para-hydroxylation sites is 1. The molecule has 182 valence electrons. The molecule has 7 nitrogen and oxygen atoms in total. The number of aliphatic hydroxyl groups excluding tert-OH is 1. The molecular weight excluding hydrogens is 493 g/mol. The van der Waals surface area contributed by atoms with E-state index in [2.05, 4.69) is 0 Å². The van der Waals surface area contributed by atoms with Gasteiger partial charge in [-0.25, -0.2) is 17.8 Å². The average molecular weight is 515 g/mol. The highest BCUT2D eigenvalue weighted by Crippen LogP contribution is 2.36. The number of aliphatic hydroxyl groups is 1. The predicted molar refractivity (Wildman–Crippen MR) is 122 cm³/mol. The molecule has 0 saturated carbocycles. The molecule has 0 radical (unpaired) electrons. The Kier molecular flexibility index (Phi) is 6.76. The first kappa shape index (κ1) is 24.7. The number of hydrogen-bond donors (Lipinski definition) is 2.